The molecule has 2 rings (SSSR count). The Labute approximate surface area is 114 Å². The summed E-state index contributed by atoms with van der Waals surface area (Å²) in [5, 5.41) is 9.81. The second kappa shape index (κ2) is 5.60. The van der Waals surface area contributed by atoms with Gasteiger partial charge in [-0.25, -0.2) is 0 Å². The van der Waals surface area contributed by atoms with Crippen LogP contribution in [0.4, 0.5) is 5.69 Å². The Balaban J connectivity index is 2.23. The van der Waals surface area contributed by atoms with Gasteiger partial charge in [0.2, 0.25) is 0 Å². The maximum absolute atomic E-state index is 9.20. The van der Waals surface area contributed by atoms with Crippen LogP contribution in [0.25, 0.3) is 0 Å². The summed E-state index contributed by atoms with van der Waals surface area (Å²) in [5.41, 5.74) is 1.63. The van der Waals surface area contributed by atoms with Gasteiger partial charge >= 0.3 is 0 Å². The highest BCUT2D eigenvalue weighted by Crippen LogP contribution is 2.26. The highest BCUT2D eigenvalue weighted by Gasteiger charge is 2.22. The van der Waals surface area contributed by atoms with Crippen LogP contribution in [0.5, 0.6) is 0 Å². The molecule has 1 atom stereocenters. The summed E-state index contributed by atoms with van der Waals surface area (Å²) in [7, 11) is 4.21. The molecule has 0 N–H and O–H groups in total. The number of hydrogen-bond donors (Lipinski definition) is 0. The Morgan fingerprint density at radius 2 is 2.28 bits per heavy atom. The van der Waals surface area contributed by atoms with Gasteiger partial charge in [0.1, 0.15) is 6.07 Å². The van der Waals surface area contributed by atoms with Crippen molar-refractivity contribution in [2.45, 2.75) is 18.9 Å². The van der Waals surface area contributed by atoms with Gasteiger partial charge in [0.05, 0.1) is 11.3 Å². The molecule has 1 aliphatic heterocycles. The van der Waals surface area contributed by atoms with E-state index >= 15 is 0 Å². The number of rotatable bonds is 2. The Morgan fingerprint density at radius 3 is 2.94 bits per heavy atom. The monoisotopic (exact) mass is 263 g/mol. The summed E-state index contributed by atoms with van der Waals surface area (Å²) in [6, 6.07) is 8.22. The quantitative estimate of drug-likeness (QED) is 0.822. The second-order valence-corrected chi connectivity index (χ2v) is 5.38. The molecule has 1 unspecified atom stereocenters. The lowest BCUT2D eigenvalue weighted by atomic mass is 10.0. The molecule has 0 radical (unpaired) electrons. The van der Waals surface area contributed by atoms with E-state index in [9.17, 15) is 5.26 Å². The fraction of sp³-hybridized carbons (Fsp3) is 0.500. The van der Waals surface area contributed by atoms with E-state index in [1.54, 1.807) is 6.07 Å². The molecule has 1 heterocycles. The van der Waals surface area contributed by atoms with E-state index in [0.29, 0.717) is 16.6 Å². The Bertz CT molecular complexity index is 467. The molecule has 0 aromatic heterocycles. The average molecular weight is 264 g/mol. The number of halogens is 1. The molecule has 3 nitrogen and oxygen atoms in total. The predicted octanol–water partition coefficient (Wildman–Crippen LogP) is 2.74. The second-order valence-electron chi connectivity index (χ2n) is 4.94. The molecule has 0 aliphatic carbocycles. The van der Waals surface area contributed by atoms with Crippen LogP contribution in [-0.2, 0) is 0 Å². The smallest absolute Gasteiger partial charge is 0.101 e. The van der Waals surface area contributed by atoms with Gasteiger partial charge in [-0.2, -0.15) is 5.26 Å². The molecular weight excluding hydrogens is 246 g/mol. The van der Waals surface area contributed by atoms with E-state index in [4.69, 9.17) is 11.6 Å². The lowest BCUT2D eigenvalue weighted by Gasteiger charge is -2.37. The predicted molar refractivity (Wildman–Crippen MR) is 75.1 cm³/mol. The molecule has 1 fully saturated rings. The molecule has 1 saturated heterocycles. The van der Waals surface area contributed by atoms with Crippen LogP contribution in [0.15, 0.2) is 18.2 Å². The number of piperidine rings is 1. The number of likely N-dealkylation sites (tertiary alicyclic amines) is 1. The lowest BCUT2D eigenvalue weighted by molar-refractivity contribution is 0.248. The third-order valence-electron chi connectivity index (χ3n) is 3.61. The molecule has 0 amide bonds. The summed E-state index contributed by atoms with van der Waals surface area (Å²) < 4.78 is 0. The SMILES string of the molecule is CN1CCCC(N(C)c2ccc(Cl)cc2C#N)C1. The third kappa shape index (κ3) is 2.77. The van der Waals surface area contributed by atoms with E-state index in [2.05, 4.69) is 30.0 Å². The number of nitriles is 1. The largest absolute Gasteiger partial charge is 0.369 e. The zero-order chi connectivity index (χ0) is 13.1. The van der Waals surface area contributed by atoms with Gasteiger partial charge in [0.15, 0.2) is 0 Å². The van der Waals surface area contributed by atoms with Crippen molar-refractivity contribution in [1.29, 1.82) is 5.26 Å². The first-order chi connectivity index (χ1) is 8.61. The molecule has 1 aromatic carbocycles. The standard InChI is InChI=1S/C14H18ClN3/c1-17-7-3-4-13(10-17)18(2)14-6-5-12(15)8-11(14)9-16/h5-6,8,13H,3-4,7,10H2,1-2H3. The number of hydrogen-bond acceptors (Lipinski definition) is 3. The first kappa shape index (κ1) is 13.2. The summed E-state index contributed by atoms with van der Waals surface area (Å²) in [6.45, 7) is 2.21. The Kier molecular flexibility index (Phi) is 4.11. The van der Waals surface area contributed by atoms with E-state index < -0.39 is 0 Å². The molecule has 0 bridgehead atoms. The Morgan fingerprint density at radius 1 is 1.50 bits per heavy atom. The highest BCUT2D eigenvalue weighted by atomic mass is 35.5. The first-order valence-electron chi connectivity index (χ1n) is 6.23. The fourth-order valence-corrected chi connectivity index (χ4v) is 2.73. The van der Waals surface area contributed by atoms with Crippen LogP contribution in [0.3, 0.4) is 0 Å². The minimum atomic E-state index is 0.469. The molecule has 1 aliphatic rings. The van der Waals surface area contributed by atoms with Gasteiger partial charge in [-0.05, 0) is 44.6 Å². The van der Waals surface area contributed by atoms with Crippen molar-refractivity contribution in [2.24, 2.45) is 0 Å². The van der Waals surface area contributed by atoms with E-state index in [0.717, 1.165) is 18.8 Å². The van der Waals surface area contributed by atoms with Crippen LogP contribution in [-0.4, -0.2) is 38.1 Å². The summed E-state index contributed by atoms with van der Waals surface area (Å²) in [6.07, 6.45) is 2.38. The molecule has 18 heavy (non-hydrogen) atoms. The number of benzene rings is 1. The van der Waals surface area contributed by atoms with Crippen LogP contribution >= 0.6 is 11.6 Å². The minimum Gasteiger partial charge on any atom is -0.369 e. The number of likely N-dealkylation sites (N-methyl/N-ethyl adjacent to an activating group) is 2. The number of nitrogens with zero attached hydrogens (tertiary/aromatic N) is 3. The highest BCUT2D eigenvalue weighted by molar-refractivity contribution is 6.30. The van der Waals surface area contributed by atoms with Crippen molar-refractivity contribution in [2.75, 3.05) is 32.1 Å². The molecular formula is C14H18ClN3. The zero-order valence-corrected chi connectivity index (χ0v) is 11.6. The van der Waals surface area contributed by atoms with Crippen LogP contribution < -0.4 is 4.90 Å². The summed E-state index contributed by atoms with van der Waals surface area (Å²) in [4.78, 5) is 4.55. The topological polar surface area (TPSA) is 30.3 Å². The van der Waals surface area contributed by atoms with Crippen molar-refractivity contribution in [3.05, 3.63) is 28.8 Å². The average Bonchev–Trinajstić information content (AvgIpc) is 2.37. The normalized spacial score (nSPS) is 20.4. The molecule has 1 aromatic rings. The summed E-state index contributed by atoms with van der Waals surface area (Å²) >= 11 is 5.93. The molecule has 0 saturated carbocycles. The van der Waals surface area contributed by atoms with Gasteiger partial charge < -0.3 is 9.80 Å². The van der Waals surface area contributed by atoms with Crippen molar-refractivity contribution >= 4 is 17.3 Å². The maximum atomic E-state index is 9.20. The number of anilines is 1. The minimum absolute atomic E-state index is 0.469. The van der Waals surface area contributed by atoms with E-state index in [1.165, 1.54) is 12.8 Å². The fourth-order valence-electron chi connectivity index (χ4n) is 2.56. The molecule has 96 valence electrons. The van der Waals surface area contributed by atoms with Gasteiger partial charge in [-0.3, -0.25) is 0 Å². The third-order valence-corrected chi connectivity index (χ3v) is 3.84. The van der Waals surface area contributed by atoms with Gasteiger partial charge in [-0.1, -0.05) is 11.6 Å². The van der Waals surface area contributed by atoms with Crippen molar-refractivity contribution in [1.82, 2.24) is 4.90 Å². The van der Waals surface area contributed by atoms with E-state index in [1.807, 2.05) is 12.1 Å². The molecule has 4 heteroatoms. The van der Waals surface area contributed by atoms with Crippen molar-refractivity contribution < 1.29 is 0 Å². The van der Waals surface area contributed by atoms with Crippen molar-refractivity contribution in [3.8, 4) is 6.07 Å². The lowest BCUT2D eigenvalue weighted by Crippen LogP contribution is -2.45. The first-order valence-corrected chi connectivity index (χ1v) is 6.60. The van der Waals surface area contributed by atoms with Gasteiger partial charge in [-0.15, -0.1) is 0 Å². The summed E-state index contributed by atoms with van der Waals surface area (Å²) in [5.74, 6) is 0. The molecule has 0 spiro atoms. The maximum Gasteiger partial charge on any atom is 0.101 e. The van der Waals surface area contributed by atoms with Crippen LogP contribution in [0.2, 0.25) is 5.02 Å². The Hall–Kier alpha value is -1.24. The van der Waals surface area contributed by atoms with Gasteiger partial charge in [0, 0.05) is 24.7 Å². The van der Waals surface area contributed by atoms with Crippen LogP contribution in [0, 0.1) is 11.3 Å². The van der Waals surface area contributed by atoms with Crippen LogP contribution in [0.1, 0.15) is 18.4 Å². The van der Waals surface area contributed by atoms with E-state index in [-0.39, 0.29) is 0 Å². The van der Waals surface area contributed by atoms with Crippen molar-refractivity contribution in [3.63, 3.8) is 0 Å². The zero-order valence-electron chi connectivity index (χ0n) is 10.9. The van der Waals surface area contributed by atoms with Gasteiger partial charge in [0.25, 0.3) is 0 Å².